The van der Waals surface area contributed by atoms with Crippen molar-refractivity contribution in [2.45, 2.75) is 33.5 Å². The van der Waals surface area contributed by atoms with Gasteiger partial charge in [0.1, 0.15) is 12.4 Å². The van der Waals surface area contributed by atoms with Gasteiger partial charge in [-0.15, -0.1) is 0 Å². The van der Waals surface area contributed by atoms with Crippen LogP contribution in [0.3, 0.4) is 0 Å². The molecule has 0 aliphatic rings. The minimum atomic E-state index is -0.242. The van der Waals surface area contributed by atoms with E-state index in [2.05, 4.69) is 10.4 Å². The second kappa shape index (κ2) is 7.05. The van der Waals surface area contributed by atoms with Crippen LogP contribution >= 0.6 is 0 Å². The second-order valence-corrected chi connectivity index (χ2v) is 4.53. The third-order valence-electron chi connectivity index (χ3n) is 3.02. The van der Waals surface area contributed by atoms with E-state index < -0.39 is 0 Å². The van der Waals surface area contributed by atoms with E-state index in [4.69, 9.17) is 4.74 Å². The van der Waals surface area contributed by atoms with E-state index in [0.29, 0.717) is 11.3 Å². The quantitative estimate of drug-likeness (QED) is 0.846. The maximum Gasteiger partial charge on any atom is 0.157 e. The average Bonchev–Trinajstić information content (AvgIpc) is 2.93. The van der Waals surface area contributed by atoms with E-state index in [0.717, 1.165) is 25.2 Å². The molecule has 0 radical (unpaired) electrons. The summed E-state index contributed by atoms with van der Waals surface area (Å²) in [6, 6.07) is 5.11. The van der Waals surface area contributed by atoms with Gasteiger partial charge in [0, 0.05) is 18.7 Å². The standard InChI is InChI=1S/C15H20FN3O/c1-3-17-8-12-5-6-15(16)13(7-12)11-20-14-9-18-19(4-2)10-14/h5-7,9-10,17H,3-4,8,11H2,1-2H3. The largest absolute Gasteiger partial charge is 0.486 e. The molecule has 0 amide bonds. The summed E-state index contributed by atoms with van der Waals surface area (Å²) in [5.74, 6) is 0.413. The van der Waals surface area contributed by atoms with Crippen molar-refractivity contribution in [1.29, 1.82) is 0 Å². The lowest BCUT2D eigenvalue weighted by atomic mass is 10.1. The summed E-state index contributed by atoms with van der Waals surface area (Å²) >= 11 is 0. The number of nitrogens with one attached hydrogen (secondary N) is 1. The van der Waals surface area contributed by atoms with Gasteiger partial charge in [0.25, 0.3) is 0 Å². The van der Waals surface area contributed by atoms with Gasteiger partial charge < -0.3 is 10.1 Å². The van der Waals surface area contributed by atoms with E-state index in [1.807, 2.05) is 19.9 Å². The molecule has 0 aliphatic carbocycles. The maximum absolute atomic E-state index is 13.7. The van der Waals surface area contributed by atoms with E-state index in [1.165, 1.54) is 6.07 Å². The highest BCUT2D eigenvalue weighted by molar-refractivity contribution is 5.25. The van der Waals surface area contributed by atoms with Crippen molar-refractivity contribution < 1.29 is 9.13 Å². The molecule has 0 saturated carbocycles. The first-order valence-electron chi connectivity index (χ1n) is 6.86. The summed E-state index contributed by atoms with van der Waals surface area (Å²) in [5.41, 5.74) is 1.61. The molecule has 1 aromatic carbocycles. The van der Waals surface area contributed by atoms with Gasteiger partial charge in [0.2, 0.25) is 0 Å². The first kappa shape index (κ1) is 14.5. The van der Waals surface area contributed by atoms with Gasteiger partial charge in [0.05, 0.1) is 12.4 Å². The number of ether oxygens (including phenoxy) is 1. The van der Waals surface area contributed by atoms with Crippen LogP contribution in [0.25, 0.3) is 0 Å². The fourth-order valence-corrected chi connectivity index (χ4v) is 1.87. The molecule has 108 valence electrons. The first-order chi connectivity index (χ1) is 9.72. The van der Waals surface area contributed by atoms with Crippen molar-refractivity contribution in [3.8, 4) is 5.75 Å². The molecule has 2 rings (SSSR count). The van der Waals surface area contributed by atoms with Crippen LogP contribution in [0, 0.1) is 5.82 Å². The van der Waals surface area contributed by atoms with Crippen LogP contribution in [0.5, 0.6) is 5.75 Å². The minimum absolute atomic E-state index is 0.210. The zero-order valence-corrected chi connectivity index (χ0v) is 11.9. The van der Waals surface area contributed by atoms with Crippen molar-refractivity contribution in [2.24, 2.45) is 0 Å². The smallest absolute Gasteiger partial charge is 0.157 e. The maximum atomic E-state index is 13.7. The summed E-state index contributed by atoms with van der Waals surface area (Å²) in [6.45, 7) is 6.66. The van der Waals surface area contributed by atoms with Crippen molar-refractivity contribution in [3.05, 3.63) is 47.5 Å². The van der Waals surface area contributed by atoms with Gasteiger partial charge in [-0.3, -0.25) is 4.68 Å². The number of halogens is 1. The summed E-state index contributed by atoms with van der Waals surface area (Å²) in [4.78, 5) is 0. The minimum Gasteiger partial charge on any atom is -0.486 e. The van der Waals surface area contributed by atoms with Crippen LogP contribution in [0.2, 0.25) is 0 Å². The molecule has 0 saturated heterocycles. The Morgan fingerprint density at radius 1 is 1.35 bits per heavy atom. The Morgan fingerprint density at radius 2 is 2.20 bits per heavy atom. The van der Waals surface area contributed by atoms with Gasteiger partial charge in [0.15, 0.2) is 5.75 Å². The SMILES string of the molecule is CCNCc1ccc(F)c(COc2cnn(CC)c2)c1. The molecule has 0 unspecified atom stereocenters. The van der Waals surface area contributed by atoms with E-state index in [1.54, 1.807) is 23.1 Å². The second-order valence-electron chi connectivity index (χ2n) is 4.53. The average molecular weight is 277 g/mol. The molecule has 1 N–H and O–H groups in total. The summed E-state index contributed by atoms with van der Waals surface area (Å²) < 4.78 is 21.1. The molecular weight excluding hydrogens is 257 g/mol. The molecule has 4 nitrogen and oxygen atoms in total. The van der Waals surface area contributed by atoms with Crippen LogP contribution < -0.4 is 10.1 Å². The van der Waals surface area contributed by atoms with Crippen LogP contribution in [-0.2, 0) is 19.7 Å². The monoisotopic (exact) mass is 277 g/mol. The third kappa shape index (κ3) is 3.81. The fourth-order valence-electron chi connectivity index (χ4n) is 1.87. The van der Waals surface area contributed by atoms with Gasteiger partial charge >= 0.3 is 0 Å². The number of hydrogen-bond donors (Lipinski definition) is 1. The van der Waals surface area contributed by atoms with E-state index >= 15 is 0 Å². The van der Waals surface area contributed by atoms with Gasteiger partial charge in [-0.1, -0.05) is 13.0 Å². The fraction of sp³-hybridized carbons (Fsp3) is 0.400. The predicted molar refractivity (Wildman–Crippen MR) is 76.0 cm³/mol. The molecule has 0 bridgehead atoms. The number of aromatic nitrogens is 2. The zero-order valence-electron chi connectivity index (χ0n) is 11.9. The lowest BCUT2D eigenvalue weighted by Gasteiger charge is -2.08. The van der Waals surface area contributed by atoms with Crippen LogP contribution in [0.15, 0.2) is 30.6 Å². The number of aryl methyl sites for hydroxylation is 1. The lowest BCUT2D eigenvalue weighted by Crippen LogP contribution is -2.12. The summed E-state index contributed by atoms with van der Waals surface area (Å²) in [6.07, 6.45) is 3.45. The van der Waals surface area contributed by atoms with Crippen molar-refractivity contribution in [2.75, 3.05) is 6.54 Å². The highest BCUT2D eigenvalue weighted by Crippen LogP contribution is 2.15. The van der Waals surface area contributed by atoms with Crippen LogP contribution in [0.4, 0.5) is 4.39 Å². The number of benzene rings is 1. The normalized spacial score (nSPS) is 10.8. The lowest BCUT2D eigenvalue weighted by molar-refractivity contribution is 0.299. The molecule has 0 fully saturated rings. The highest BCUT2D eigenvalue weighted by atomic mass is 19.1. The Labute approximate surface area is 118 Å². The van der Waals surface area contributed by atoms with Crippen molar-refractivity contribution in [3.63, 3.8) is 0 Å². The van der Waals surface area contributed by atoms with Crippen LogP contribution in [-0.4, -0.2) is 16.3 Å². The first-order valence-corrected chi connectivity index (χ1v) is 6.86. The topological polar surface area (TPSA) is 39.1 Å². The predicted octanol–water partition coefficient (Wildman–Crippen LogP) is 2.73. The van der Waals surface area contributed by atoms with E-state index in [9.17, 15) is 4.39 Å². The van der Waals surface area contributed by atoms with Gasteiger partial charge in [-0.25, -0.2) is 4.39 Å². The molecular formula is C15H20FN3O. The molecule has 0 aliphatic heterocycles. The molecule has 1 aromatic heterocycles. The Hall–Kier alpha value is -1.88. The molecule has 0 spiro atoms. The molecule has 0 atom stereocenters. The van der Waals surface area contributed by atoms with E-state index in [-0.39, 0.29) is 12.4 Å². The molecule has 20 heavy (non-hydrogen) atoms. The van der Waals surface area contributed by atoms with Crippen molar-refractivity contribution in [1.82, 2.24) is 15.1 Å². The van der Waals surface area contributed by atoms with Crippen LogP contribution in [0.1, 0.15) is 25.0 Å². The Morgan fingerprint density at radius 3 is 2.90 bits per heavy atom. The number of rotatable bonds is 7. The van der Waals surface area contributed by atoms with Gasteiger partial charge in [-0.05, 0) is 31.2 Å². The van der Waals surface area contributed by atoms with Gasteiger partial charge in [-0.2, -0.15) is 5.10 Å². The number of hydrogen-bond acceptors (Lipinski definition) is 3. The summed E-state index contributed by atoms with van der Waals surface area (Å²) in [7, 11) is 0. The Kier molecular flexibility index (Phi) is 5.12. The molecule has 2 aromatic rings. The number of nitrogens with zero attached hydrogens (tertiary/aromatic N) is 2. The third-order valence-corrected chi connectivity index (χ3v) is 3.02. The zero-order chi connectivity index (χ0) is 14.4. The van der Waals surface area contributed by atoms with Crippen molar-refractivity contribution >= 4 is 0 Å². The Bertz CT molecular complexity index is 554. The Balaban J connectivity index is 2.00. The summed E-state index contributed by atoms with van der Waals surface area (Å²) in [5, 5.41) is 7.33. The molecule has 5 heteroatoms. The highest BCUT2D eigenvalue weighted by Gasteiger charge is 2.06. The molecule has 1 heterocycles.